The van der Waals surface area contributed by atoms with Gasteiger partial charge in [-0.1, -0.05) is 24.3 Å². The summed E-state index contributed by atoms with van der Waals surface area (Å²) >= 11 is 0. The van der Waals surface area contributed by atoms with E-state index in [1.165, 1.54) is 42.5 Å². The number of carbonyl (C=O) groups excluding carboxylic acids is 3. The number of methoxy groups -OCH3 is 1. The van der Waals surface area contributed by atoms with Crippen LogP contribution < -0.4 is 15.8 Å². The number of hydrogen-bond donors (Lipinski definition) is 3. The Labute approximate surface area is 149 Å². The normalized spacial score (nSPS) is 10.7. The fraction of sp³-hybridized carbons (Fsp3) is 0.0625. The molecule has 2 rings (SSSR count). The van der Waals surface area contributed by atoms with E-state index in [0.717, 1.165) is 13.2 Å². The number of anilines is 1. The van der Waals surface area contributed by atoms with Crippen LogP contribution in [-0.2, 0) is 14.8 Å². The molecule has 2 aromatic carbocycles. The van der Waals surface area contributed by atoms with Gasteiger partial charge in [0, 0.05) is 0 Å². The molecule has 26 heavy (non-hydrogen) atoms. The molecule has 10 heteroatoms. The molecule has 0 aliphatic heterocycles. The van der Waals surface area contributed by atoms with Crippen molar-refractivity contribution in [2.24, 2.45) is 5.73 Å². The maximum Gasteiger partial charge on any atom is 0.339 e. The van der Waals surface area contributed by atoms with Gasteiger partial charge in [0.2, 0.25) is 0 Å². The van der Waals surface area contributed by atoms with Crippen molar-refractivity contribution in [2.75, 3.05) is 12.4 Å². The average Bonchev–Trinajstić information content (AvgIpc) is 2.60. The van der Waals surface area contributed by atoms with Gasteiger partial charge in [0.05, 0.1) is 23.9 Å². The van der Waals surface area contributed by atoms with E-state index in [1.54, 1.807) is 4.72 Å². The second-order valence-corrected chi connectivity index (χ2v) is 6.61. The van der Waals surface area contributed by atoms with Gasteiger partial charge in [-0.3, -0.25) is 4.79 Å². The molecule has 0 saturated carbocycles. The number of nitrogens with two attached hydrogens (primary N) is 1. The number of rotatable bonds is 5. The van der Waals surface area contributed by atoms with Crippen LogP contribution in [0.3, 0.4) is 0 Å². The lowest BCUT2D eigenvalue weighted by molar-refractivity contribution is 0.0596. The lowest BCUT2D eigenvalue weighted by Crippen LogP contribution is -2.35. The van der Waals surface area contributed by atoms with Crippen molar-refractivity contribution >= 4 is 33.6 Å². The Bertz CT molecular complexity index is 971. The lowest BCUT2D eigenvalue weighted by atomic mass is 10.1. The van der Waals surface area contributed by atoms with Crippen molar-refractivity contribution in [1.82, 2.24) is 4.72 Å². The first-order valence-electron chi connectivity index (χ1n) is 7.16. The smallest absolute Gasteiger partial charge is 0.339 e. The van der Waals surface area contributed by atoms with Crippen LogP contribution in [0.2, 0.25) is 0 Å². The molecule has 0 aliphatic carbocycles. The summed E-state index contributed by atoms with van der Waals surface area (Å²) in [5, 5.41) is 2.23. The molecule has 0 radical (unpaired) electrons. The highest BCUT2D eigenvalue weighted by Gasteiger charge is 2.25. The van der Waals surface area contributed by atoms with E-state index < -0.39 is 32.8 Å². The Morgan fingerprint density at radius 2 is 1.54 bits per heavy atom. The topological polar surface area (TPSA) is 145 Å². The van der Waals surface area contributed by atoms with Crippen LogP contribution in [0.15, 0.2) is 53.4 Å². The number of primary amides is 1. The van der Waals surface area contributed by atoms with E-state index in [1.807, 2.05) is 0 Å². The summed E-state index contributed by atoms with van der Waals surface area (Å²) in [7, 11) is -3.27. The number of para-hydroxylation sites is 1. The van der Waals surface area contributed by atoms with Gasteiger partial charge < -0.3 is 15.8 Å². The van der Waals surface area contributed by atoms with E-state index in [2.05, 4.69) is 10.1 Å². The third-order valence-corrected chi connectivity index (χ3v) is 4.64. The molecule has 0 atom stereocenters. The van der Waals surface area contributed by atoms with Gasteiger partial charge in [-0.05, 0) is 24.3 Å². The van der Waals surface area contributed by atoms with Crippen LogP contribution in [0.25, 0.3) is 0 Å². The van der Waals surface area contributed by atoms with Gasteiger partial charge >= 0.3 is 12.0 Å². The summed E-state index contributed by atoms with van der Waals surface area (Å²) in [6, 6.07) is 9.94. The van der Waals surface area contributed by atoms with Gasteiger partial charge in [-0.2, -0.15) is 0 Å². The number of urea groups is 1. The van der Waals surface area contributed by atoms with E-state index in [9.17, 15) is 22.8 Å². The van der Waals surface area contributed by atoms with Gasteiger partial charge in [0.1, 0.15) is 4.90 Å². The zero-order valence-corrected chi connectivity index (χ0v) is 14.4. The first-order valence-corrected chi connectivity index (χ1v) is 8.64. The average molecular weight is 377 g/mol. The predicted octanol–water partition coefficient (Wildman–Crippen LogP) is 1.08. The van der Waals surface area contributed by atoms with Crippen LogP contribution in [0, 0.1) is 0 Å². The highest BCUT2D eigenvalue weighted by molar-refractivity contribution is 7.90. The minimum absolute atomic E-state index is 0.00927. The molecule has 0 aliphatic rings. The minimum Gasteiger partial charge on any atom is -0.465 e. The van der Waals surface area contributed by atoms with E-state index in [-0.39, 0.29) is 16.8 Å². The minimum atomic E-state index is -4.38. The van der Waals surface area contributed by atoms with Crippen LogP contribution in [0.4, 0.5) is 10.5 Å². The maximum atomic E-state index is 12.4. The van der Waals surface area contributed by atoms with Gasteiger partial charge in [0.15, 0.2) is 0 Å². The summed E-state index contributed by atoms with van der Waals surface area (Å²) in [5.41, 5.74) is 5.01. The molecule has 0 saturated heterocycles. The molecule has 4 N–H and O–H groups in total. The molecule has 0 aromatic heterocycles. The third-order valence-electron chi connectivity index (χ3n) is 3.25. The van der Waals surface area contributed by atoms with Crippen LogP contribution >= 0.6 is 0 Å². The number of hydrogen-bond acceptors (Lipinski definition) is 6. The maximum absolute atomic E-state index is 12.4. The van der Waals surface area contributed by atoms with Crippen LogP contribution in [0.1, 0.15) is 20.7 Å². The summed E-state index contributed by atoms with van der Waals surface area (Å²) < 4.78 is 31.1. The number of benzene rings is 2. The van der Waals surface area contributed by atoms with Crippen molar-refractivity contribution in [2.45, 2.75) is 4.90 Å². The lowest BCUT2D eigenvalue weighted by Gasteiger charge is -2.12. The molecule has 0 fully saturated rings. The van der Waals surface area contributed by atoms with Crippen molar-refractivity contribution < 1.29 is 27.5 Å². The van der Waals surface area contributed by atoms with Crippen molar-refractivity contribution in [3.05, 3.63) is 59.7 Å². The van der Waals surface area contributed by atoms with Crippen LogP contribution in [-0.4, -0.2) is 33.4 Å². The van der Waals surface area contributed by atoms with E-state index in [4.69, 9.17) is 5.73 Å². The Kier molecular flexibility index (Phi) is 5.58. The number of esters is 1. The number of carbonyl (C=O) groups is 3. The standard InChI is InChI=1S/C16H15N3O6S/c1-25-15(21)11-7-3-5-9-13(11)26(23,24)19-16(22)18-12-8-4-2-6-10(12)14(17)20/h2-9H,1H3,(H2,17,20)(H2,18,19,22). The van der Waals surface area contributed by atoms with Gasteiger partial charge in [-0.25, -0.2) is 22.7 Å². The van der Waals surface area contributed by atoms with Gasteiger partial charge in [-0.15, -0.1) is 0 Å². The monoisotopic (exact) mass is 377 g/mol. The third kappa shape index (κ3) is 4.16. The fourth-order valence-corrected chi connectivity index (χ4v) is 3.22. The predicted molar refractivity (Wildman–Crippen MR) is 92.1 cm³/mol. The number of nitrogens with one attached hydrogen (secondary N) is 2. The Morgan fingerprint density at radius 3 is 2.15 bits per heavy atom. The molecular formula is C16H15N3O6S. The zero-order chi connectivity index (χ0) is 19.3. The molecular weight excluding hydrogens is 362 g/mol. The van der Waals surface area contributed by atoms with Crippen molar-refractivity contribution in [1.29, 1.82) is 0 Å². The van der Waals surface area contributed by atoms with Crippen LogP contribution in [0.5, 0.6) is 0 Å². The second-order valence-electron chi connectivity index (χ2n) is 4.96. The molecule has 9 nitrogen and oxygen atoms in total. The summed E-state index contributed by atoms with van der Waals surface area (Å²) in [5.74, 6) is -1.66. The molecule has 0 spiro atoms. The zero-order valence-electron chi connectivity index (χ0n) is 13.6. The first kappa shape index (κ1) is 18.9. The highest BCUT2D eigenvalue weighted by atomic mass is 32.2. The Morgan fingerprint density at radius 1 is 0.962 bits per heavy atom. The number of ether oxygens (including phenoxy) is 1. The quantitative estimate of drug-likeness (QED) is 0.665. The van der Waals surface area contributed by atoms with Crippen molar-refractivity contribution in [3.8, 4) is 0 Å². The summed E-state index contributed by atoms with van der Waals surface area (Å²) in [6.07, 6.45) is 0. The highest BCUT2D eigenvalue weighted by Crippen LogP contribution is 2.17. The fourth-order valence-electron chi connectivity index (χ4n) is 2.11. The van der Waals surface area contributed by atoms with Crippen molar-refractivity contribution in [3.63, 3.8) is 0 Å². The largest absolute Gasteiger partial charge is 0.465 e. The number of amides is 3. The molecule has 3 amide bonds. The molecule has 0 heterocycles. The van der Waals surface area contributed by atoms with E-state index in [0.29, 0.717) is 0 Å². The molecule has 2 aromatic rings. The SMILES string of the molecule is COC(=O)c1ccccc1S(=O)(=O)NC(=O)Nc1ccccc1C(N)=O. The Balaban J connectivity index is 2.27. The molecule has 0 unspecified atom stereocenters. The van der Waals surface area contributed by atoms with E-state index >= 15 is 0 Å². The first-order chi connectivity index (χ1) is 12.3. The Hall–Kier alpha value is -3.40. The summed E-state index contributed by atoms with van der Waals surface area (Å²) in [4.78, 5) is 34.7. The summed E-state index contributed by atoms with van der Waals surface area (Å²) in [6.45, 7) is 0. The molecule has 0 bridgehead atoms. The van der Waals surface area contributed by atoms with Gasteiger partial charge in [0.25, 0.3) is 15.9 Å². The molecule has 136 valence electrons. The second kappa shape index (κ2) is 7.66. The number of sulfonamides is 1.